The number of anilines is 2. The summed E-state index contributed by atoms with van der Waals surface area (Å²) >= 11 is 15.1. The highest BCUT2D eigenvalue weighted by Gasteiger charge is 2.17. The van der Waals surface area contributed by atoms with E-state index in [4.69, 9.17) is 28.9 Å². The lowest BCUT2D eigenvalue weighted by Crippen LogP contribution is -2.13. The van der Waals surface area contributed by atoms with Gasteiger partial charge in [0.2, 0.25) is 0 Å². The van der Waals surface area contributed by atoms with Gasteiger partial charge in [-0.25, -0.2) is 8.42 Å². The second-order valence-corrected chi connectivity index (χ2v) is 7.70. The summed E-state index contributed by atoms with van der Waals surface area (Å²) in [5.41, 5.74) is 7.05. The minimum atomic E-state index is -3.79. The molecule has 21 heavy (non-hydrogen) atoms. The number of rotatable bonds is 3. The van der Waals surface area contributed by atoms with Crippen molar-refractivity contribution in [2.24, 2.45) is 0 Å². The lowest BCUT2D eigenvalue weighted by Gasteiger charge is -2.11. The van der Waals surface area contributed by atoms with E-state index in [1.54, 1.807) is 19.1 Å². The molecule has 0 heterocycles. The van der Waals surface area contributed by atoms with Crippen LogP contribution in [-0.4, -0.2) is 8.42 Å². The first-order chi connectivity index (χ1) is 9.70. The molecular weight excluding hydrogens is 399 g/mol. The van der Waals surface area contributed by atoms with Crippen LogP contribution in [0.5, 0.6) is 0 Å². The zero-order chi connectivity index (χ0) is 15.8. The molecule has 0 atom stereocenters. The standard InChI is InChI=1S/C13H11BrCl2N2O2S/c1-7-11(15)5-9(6-13(7)17)21(19,20)18-8-2-3-10(14)12(16)4-8/h2-6,18H,17H2,1H3. The molecule has 0 aromatic heterocycles. The van der Waals surface area contributed by atoms with Crippen LogP contribution in [0.4, 0.5) is 11.4 Å². The lowest BCUT2D eigenvalue weighted by molar-refractivity contribution is 0.601. The number of benzene rings is 2. The summed E-state index contributed by atoms with van der Waals surface area (Å²) < 4.78 is 27.8. The van der Waals surface area contributed by atoms with Gasteiger partial charge >= 0.3 is 0 Å². The number of hydrogen-bond donors (Lipinski definition) is 2. The summed E-state index contributed by atoms with van der Waals surface area (Å²) in [6.45, 7) is 1.72. The first kappa shape index (κ1) is 16.4. The SMILES string of the molecule is Cc1c(N)cc(S(=O)(=O)Nc2ccc(Br)c(Cl)c2)cc1Cl. The van der Waals surface area contributed by atoms with Crippen molar-refractivity contribution in [3.63, 3.8) is 0 Å². The highest BCUT2D eigenvalue weighted by molar-refractivity contribution is 9.10. The van der Waals surface area contributed by atoms with Crippen LogP contribution in [-0.2, 0) is 10.0 Å². The van der Waals surface area contributed by atoms with Crippen LogP contribution in [0.25, 0.3) is 0 Å². The first-order valence-corrected chi connectivity index (χ1v) is 8.77. The van der Waals surface area contributed by atoms with Crippen LogP contribution < -0.4 is 10.5 Å². The van der Waals surface area contributed by atoms with Crippen molar-refractivity contribution in [2.75, 3.05) is 10.5 Å². The predicted molar refractivity (Wildman–Crippen MR) is 90.6 cm³/mol. The molecule has 0 bridgehead atoms. The fourth-order valence-electron chi connectivity index (χ4n) is 1.60. The fourth-order valence-corrected chi connectivity index (χ4v) is 3.43. The smallest absolute Gasteiger partial charge is 0.262 e. The maximum absolute atomic E-state index is 12.3. The summed E-state index contributed by atoms with van der Waals surface area (Å²) in [6.07, 6.45) is 0. The van der Waals surface area contributed by atoms with E-state index in [1.807, 2.05) is 0 Å². The highest BCUT2D eigenvalue weighted by atomic mass is 79.9. The predicted octanol–water partition coefficient (Wildman–Crippen LogP) is 4.45. The van der Waals surface area contributed by atoms with Gasteiger partial charge in [-0.3, -0.25) is 4.72 Å². The number of halogens is 3. The molecule has 2 aromatic rings. The summed E-state index contributed by atoms with van der Waals surface area (Å²) in [5, 5.41) is 0.695. The molecule has 0 unspecified atom stereocenters. The van der Waals surface area contributed by atoms with Gasteiger partial charge in [0.1, 0.15) is 0 Å². The Kier molecular flexibility index (Phi) is 4.72. The van der Waals surface area contributed by atoms with E-state index in [-0.39, 0.29) is 4.90 Å². The number of nitrogen functional groups attached to an aromatic ring is 1. The van der Waals surface area contributed by atoms with Crippen molar-refractivity contribution in [1.29, 1.82) is 0 Å². The number of sulfonamides is 1. The minimum absolute atomic E-state index is 0.00496. The zero-order valence-corrected chi connectivity index (χ0v) is 14.7. The average Bonchev–Trinajstić information content (AvgIpc) is 2.39. The van der Waals surface area contributed by atoms with Gasteiger partial charge in [0.05, 0.1) is 15.6 Å². The van der Waals surface area contributed by atoms with E-state index in [2.05, 4.69) is 20.7 Å². The van der Waals surface area contributed by atoms with E-state index in [1.165, 1.54) is 18.2 Å². The maximum Gasteiger partial charge on any atom is 0.262 e. The van der Waals surface area contributed by atoms with E-state index in [0.717, 1.165) is 0 Å². The zero-order valence-electron chi connectivity index (χ0n) is 10.8. The van der Waals surface area contributed by atoms with Crippen LogP contribution in [0.3, 0.4) is 0 Å². The molecule has 4 nitrogen and oxygen atoms in total. The van der Waals surface area contributed by atoms with Crippen LogP contribution >= 0.6 is 39.1 Å². The third kappa shape index (κ3) is 3.63. The van der Waals surface area contributed by atoms with Gasteiger partial charge in [-0.15, -0.1) is 0 Å². The van der Waals surface area contributed by atoms with Crippen molar-refractivity contribution < 1.29 is 8.42 Å². The van der Waals surface area contributed by atoms with E-state index >= 15 is 0 Å². The maximum atomic E-state index is 12.3. The Morgan fingerprint density at radius 2 is 1.81 bits per heavy atom. The minimum Gasteiger partial charge on any atom is -0.398 e. The van der Waals surface area contributed by atoms with Gasteiger partial charge in [0, 0.05) is 15.2 Å². The Hall–Kier alpha value is -0.950. The Labute approximate surface area is 141 Å². The van der Waals surface area contributed by atoms with Gasteiger partial charge < -0.3 is 5.73 Å². The first-order valence-electron chi connectivity index (χ1n) is 5.74. The van der Waals surface area contributed by atoms with Crippen molar-refractivity contribution in [3.8, 4) is 0 Å². The Morgan fingerprint density at radius 3 is 2.38 bits per heavy atom. The molecule has 0 aliphatic heterocycles. The molecule has 0 radical (unpaired) electrons. The molecule has 2 rings (SSSR count). The molecule has 8 heteroatoms. The summed E-state index contributed by atoms with van der Waals surface area (Å²) in [5.74, 6) is 0. The van der Waals surface area contributed by atoms with Crippen molar-refractivity contribution >= 4 is 60.5 Å². The molecule has 0 aliphatic rings. The summed E-state index contributed by atoms with van der Waals surface area (Å²) in [6, 6.07) is 7.46. The lowest BCUT2D eigenvalue weighted by atomic mass is 10.2. The quantitative estimate of drug-likeness (QED) is 0.735. The molecule has 3 N–H and O–H groups in total. The molecule has 0 amide bonds. The van der Waals surface area contributed by atoms with E-state index in [0.29, 0.717) is 31.5 Å². The van der Waals surface area contributed by atoms with Gasteiger partial charge in [0.15, 0.2) is 0 Å². The molecule has 0 saturated carbocycles. The third-order valence-corrected chi connectivity index (χ3v) is 5.83. The Morgan fingerprint density at radius 1 is 1.14 bits per heavy atom. The molecule has 0 saturated heterocycles. The Balaban J connectivity index is 2.40. The van der Waals surface area contributed by atoms with Crippen molar-refractivity contribution in [2.45, 2.75) is 11.8 Å². The second-order valence-electron chi connectivity index (χ2n) is 4.35. The van der Waals surface area contributed by atoms with Gasteiger partial charge in [0.25, 0.3) is 10.0 Å². The molecule has 2 aromatic carbocycles. The number of hydrogen-bond acceptors (Lipinski definition) is 3. The van der Waals surface area contributed by atoms with Crippen LogP contribution in [0.2, 0.25) is 10.0 Å². The molecule has 112 valence electrons. The van der Waals surface area contributed by atoms with Gasteiger partial charge in [-0.05, 0) is 58.7 Å². The van der Waals surface area contributed by atoms with E-state index < -0.39 is 10.0 Å². The number of nitrogens with two attached hydrogens (primary N) is 1. The van der Waals surface area contributed by atoms with Gasteiger partial charge in [-0.1, -0.05) is 23.2 Å². The topological polar surface area (TPSA) is 72.2 Å². The van der Waals surface area contributed by atoms with Crippen LogP contribution in [0, 0.1) is 6.92 Å². The van der Waals surface area contributed by atoms with Crippen LogP contribution in [0.15, 0.2) is 39.7 Å². The summed E-state index contributed by atoms with van der Waals surface area (Å²) in [7, 11) is -3.79. The molecule has 0 fully saturated rings. The fraction of sp³-hybridized carbons (Fsp3) is 0.0769. The number of nitrogens with one attached hydrogen (secondary N) is 1. The largest absolute Gasteiger partial charge is 0.398 e. The average molecular weight is 410 g/mol. The normalized spacial score (nSPS) is 11.4. The van der Waals surface area contributed by atoms with Gasteiger partial charge in [-0.2, -0.15) is 0 Å². The Bertz CT molecular complexity index is 787. The molecule has 0 spiro atoms. The molecular formula is C13H11BrCl2N2O2S. The monoisotopic (exact) mass is 408 g/mol. The highest BCUT2D eigenvalue weighted by Crippen LogP contribution is 2.29. The summed E-state index contributed by atoms with van der Waals surface area (Å²) in [4.78, 5) is -0.00496. The van der Waals surface area contributed by atoms with E-state index in [9.17, 15) is 8.42 Å². The second kappa shape index (κ2) is 6.04. The third-order valence-electron chi connectivity index (χ3n) is 2.84. The molecule has 0 aliphatic carbocycles. The van der Waals surface area contributed by atoms with Crippen LogP contribution in [0.1, 0.15) is 5.56 Å². The van der Waals surface area contributed by atoms with Crippen molar-refractivity contribution in [1.82, 2.24) is 0 Å². The van der Waals surface area contributed by atoms with Crippen molar-refractivity contribution in [3.05, 3.63) is 50.4 Å².